The van der Waals surface area contributed by atoms with E-state index in [-0.39, 0.29) is 0 Å². The maximum Gasteiger partial charge on any atom is 0.0916 e. The van der Waals surface area contributed by atoms with E-state index in [4.69, 9.17) is 0 Å². The lowest BCUT2D eigenvalue weighted by molar-refractivity contribution is 0.0398. The molecule has 14 heavy (non-hydrogen) atoms. The molecule has 0 aliphatic heterocycles. The third-order valence-electron chi connectivity index (χ3n) is 3.28. The van der Waals surface area contributed by atoms with E-state index in [2.05, 4.69) is 11.9 Å². The first-order chi connectivity index (χ1) is 6.62. The predicted molar refractivity (Wildman–Crippen MR) is 55.9 cm³/mol. The maximum absolute atomic E-state index is 10.5. The lowest BCUT2D eigenvalue weighted by Crippen LogP contribution is -2.23. The molecule has 0 amide bonds. The van der Waals surface area contributed by atoms with Crippen molar-refractivity contribution in [3.63, 3.8) is 0 Å². The van der Waals surface area contributed by atoms with Gasteiger partial charge < -0.3 is 5.11 Å². The monoisotopic (exact) mass is 191 g/mol. The van der Waals surface area contributed by atoms with Gasteiger partial charge in [-0.3, -0.25) is 4.98 Å². The molecule has 2 unspecified atom stereocenters. The Morgan fingerprint density at radius 2 is 2.36 bits per heavy atom. The van der Waals surface area contributed by atoms with Crippen LogP contribution in [0.4, 0.5) is 0 Å². The molecule has 0 radical (unpaired) electrons. The van der Waals surface area contributed by atoms with E-state index in [1.807, 2.05) is 19.2 Å². The first kappa shape index (κ1) is 9.66. The average molecular weight is 191 g/mol. The zero-order valence-corrected chi connectivity index (χ0v) is 8.83. The van der Waals surface area contributed by atoms with Gasteiger partial charge in [0.25, 0.3) is 0 Å². The summed E-state index contributed by atoms with van der Waals surface area (Å²) >= 11 is 0. The third kappa shape index (κ3) is 1.55. The van der Waals surface area contributed by atoms with Crippen molar-refractivity contribution in [1.82, 2.24) is 4.98 Å². The number of aryl methyl sites for hydroxylation is 1. The van der Waals surface area contributed by atoms with Crippen LogP contribution in [0.2, 0.25) is 0 Å². The van der Waals surface area contributed by atoms with Gasteiger partial charge in [-0.1, -0.05) is 6.92 Å². The van der Waals surface area contributed by atoms with Crippen LogP contribution in [-0.2, 0) is 5.60 Å². The number of aromatic nitrogens is 1. The molecule has 2 heteroatoms. The van der Waals surface area contributed by atoms with Crippen molar-refractivity contribution in [3.05, 3.63) is 29.6 Å². The van der Waals surface area contributed by atoms with Crippen molar-refractivity contribution in [1.29, 1.82) is 0 Å². The van der Waals surface area contributed by atoms with Gasteiger partial charge in [0.15, 0.2) is 0 Å². The number of aliphatic hydroxyl groups is 1. The normalized spacial score (nSPS) is 32.1. The van der Waals surface area contributed by atoms with Crippen molar-refractivity contribution in [2.24, 2.45) is 5.92 Å². The molecule has 0 saturated heterocycles. The van der Waals surface area contributed by atoms with E-state index in [0.717, 1.165) is 30.4 Å². The highest BCUT2D eigenvalue weighted by molar-refractivity contribution is 5.28. The second-order valence-corrected chi connectivity index (χ2v) is 4.57. The molecule has 1 aliphatic carbocycles. The summed E-state index contributed by atoms with van der Waals surface area (Å²) < 4.78 is 0. The summed E-state index contributed by atoms with van der Waals surface area (Å²) in [6, 6.07) is 1.97. The minimum atomic E-state index is -0.613. The molecule has 1 aliphatic rings. The van der Waals surface area contributed by atoms with Gasteiger partial charge in [0, 0.05) is 18.0 Å². The molecule has 2 nitrogen and oxygen atoms in total. The Balaban J connectivity index is 2.35. The SMILES string of the molecule is Cc1ccncc1C1(O)CCC(C)C1. The van der Waals surface area contributed by atoms with Crippen LogP contribution in [-0.4, -0.2) is 10.1 Å². The fraction of sp³-hybridized carbons (Fsp3) is 0.583. The minimum absolute atomic E-state index is 0.613. The summed E-state index contributed by atoms with van der Waals surface area (Å²) in [5, 5.41) is 10.5. The second kappa shape index (κ2) is 3.35. The molecule has 1 aromatic rings. The Morgan fingerprint density at radius 1 is 1.57 bits per heavy atom. The van der Waals surface area contributed by atoms with E-state index in [1.54, 1.807) is 6.20 Å². The van der Waals surface area contributed by atoms with Gasteiger partial charge in [-0.15, -0.1) is 0 Å². The van der Waals surface area contributed by atoms with Crippen LogP contribution >= 0.6 is 0 Å². The van der Waals surface area contributed by atoms with Crippen molar-refractivity contribution in [2.45, 2.75) is 38.7 Å². The molecule has 1 saturated carbocycles. The quantitative estimate of drug-likeness (QED) is 0.739. The molecule has 1 fully saturated rings. The Labute approximate surface area is 85.0 Å². The van der Waals surface area contributed by atoms with Crippen LogP contribution < -0.4 is 0 Å². The largest absolute Gasteiger partial charge is 0.385 e. The first-order valence-electron chi connectivity index (χ1n) is 5.25. The number of rotatable bonds is 1. The van der Waals surface area contributed by atoms with Crippen LogP contribution in [0.3, 0.4) is 0 Å². The van der Waals surface area contributed by atoms with E-state index in [1.165, 1.54) is 0 Å². The van der Waals surface area contributed by atoms with Crippen LogP contribution in [0.5, 0.6) is 0 Å². The molecule has 2 rings (SSSR count). The van der Waals surface area contributed by atoms with E-state index < -0.39 is 5.60 Å². The lowest BCUT2D eigenvalue weighted by Gasteiger charge is -2.24. The van der Waals surface area contributed by atoms with Gasteiger partial charge in [0.05, 0.1) is 5.60 Å². The summed E-state index contributed by atoms with van der Waals surface area (Å²) in [7, 11) is 0. The number of nitrogens with zero attached hydrogens (tertiary/aromatic N) is 1. The standard InChI is InChI=1S/C12H17NO/c1-9-3-5-12(14,7-9)11-8-13-6-4-10(11)2/h4,6,8-9,14H,3,5,7H2,1-2H3. The minimum Gasteiger partial charge on any atom is -0.385 e. The Hall–Kier alpha value is -0.890. The molecule has 76 valence electrons. The zero-order chi connectivity index (χ0) is 10.2. The zero-order valence-electron chi connectivity index (χ0n) is 8.83. The van der Waals surface area contributed by atoms with E-state index >= 15 is 0 Å². The third-order valence-corrected chi connectivity index (χ3v) is 3.28. The molecule has 0 spiro atoms. The fourth-order valence-corrected chi connectivity index (χ4v) is 2.46. The topological polar surface area (TPSA) is 33.1 Å². The van der Waals surface area contributed by atoms with Gasteiger partial charge in [-0.2, -0.15) is 0 Å². The van der Waals surface area contributed by atoms with Crippen LogP contribution in [0.1, 0.15) is 37.3 Å². The molecule has 1 aromatic heterocycles. The van der Waals surface area contributed by atoms with Gasteiger partial charge in [0.1, 0.15) is 0 Å². The van der Waals surface area contributed by atoms with Crippen molar-refractivity contribution >= 4 is 0 Å². The summed E-state index contributed by atoms with van der Waals surface area (Å²) in [6.45, 7) is 4.24. The van der Waals surface area contributed by atoms with Crippen LogP contribution in [0.25, 0.3) is 0 Å². The average Bonchev–Trinajstić information content (AvgIpc) is 2.48. The van der Waals surface area contributed by atoms with Crippen molar-refractivity contribution < 1.29 is 5.11 Å². The van der Waals surface area contributed by atoms with Gasteiger partial charge >= 0.3 is 0 Å². The molecule has 0 bridgehead atoms. The van der Waals surface area contributed by atoms with Crippen molar-refractivity contribution in [2.75, 3.05) is 0 Å². The number of hydrogen-bond acceptors (Lipinski definition) is 2. The van der Waals surface area contributed by atoms with Gasteiger partial charge in [-0.05, 0) is 43.7 Å². The van der Waals surface area contributed by atoms with Gasteiger partial charge in [0.2, 0.25) is 0 Å². The Morgan fingerprint density at radius 3 is 2.93 bits per heavy atom. The highest BCUT2D eigenvalue weighted by Gasteiger charge is 2.37. The first-order valence-corrected chi connectivity index (χ1v) is 5.25. The van der Waals surface area contributed by atoms with Crippen LogP contribution in [0.15, 0.2) is 18.5 Å². The lowest BCUT2D eigenvalue weighted by atomic mass is 9.90. The van der Waals surface area contributed by atoms with Gasteiger partial charge in [-0.25, -0.2) is 0 Å². The molecular formula is C12H17NO. The van der Waals surface area contributed by atoms with E-state index in [9.17, 15) is 5.11 Å². The molecular weight excluding hydrogens is 174 g/mol. The molecule has 2 atom stereocenters. The fourth-order valence-electron chi connectivity index (χ4n) is 2.46. The smallest absolute Gasteiger partial charge is 0.0916 e. The number of hydrogen-bond donors (Lipinski definition) is 1. The van der Waals surface area contributed by atoms with Crippen molar-refractivity contribution in [3.8, 4) is 0 Å². The Bertz CT molecular complexity index is 337. The summed E-state index contributed by atoms with van der Waals surface area (Å²) in [5.41, 5.74) is 1.55. The Kier molecular flexibility index (Phi) is 2.31. The maximum atomic E-state index is 10.5. The molecule has 1 heterocycles. The van der Waals surface area contributed by atoms with E-state index in [0.29, 0.717) is 5.92 Å². The van der Waals surface area contributed by atoms with Crippen LogP contribution in [0, 0.1) is 12.8 Å². The number of pyridine rings is 1. The molecule has 0 aromatic carbocycles. The molecule has 1 N–H and O–H groups in total. The highest BCUT2D eigenvalue weighted by Crippen LogP contribution is 2.42. The summed E-state index contributed by atoms with van der Waals surface area (Å²) in [6.07, 6.45) is 6.46. The summed E-state index contributed by atoms with van der Waals surface area (Å²) in [4.78, 5) is 4.10. The second-order valence-electron chi connectivity index (χ2n) is 4.57. The highest BCUT2D eigenvalue weighted by atomic mass is 16.3. The predicted octanol–water partition coefficient (Wildman–Crippen LogP) is 2.40. The summed E-state index contributed by atoms with van der Waals surface area (Å²) in [5.74, 6) is 0.625.